The van der Waals surface area contributed by atoms with Gasteiger partial charge in [0, 0.05) is 6.54 Å². The summed E-state index contributed by atoms with van der Waals surface area (Å²) in [6, 6.07) is 0. The van der Waals surface area contributed by atoms with Gasteiger partial charge in [0.25, 0.3) is 0 Å². The highest BCUT2D eigenvalue weighted by molar-refractivity contribution is 7.99. The van der Waals surface area contributed by atoms with Crippen molar-refractivity contribution in [1.29, 1.82) is 0 Å². The van der Waals surface area contributed by atoms with Crippen molar-refractivity contribution >= 4 is 11.8 Å². The van der Waals surface area contributed by atoms with Crippen LogP contribution in [0, 0.1) is 0 Å². The summed E-state index contributed by atoms with van der Waals surface area (Å²) in [5.74, 6) is 0. The SMILES string of the molecule is CCCCCCCCCN(CCO)C(C)SC. The quantitative estimate of drug-likeness (QED) is 0.427. The number of aliphatic hydroxyl groups is 1. The van der Waals surface area contributed by atoms with Crippen molar-refractivity contribution < 1.29 is 5.11 Å². The molecule has 17 heavy (non-hydrogen) atoms. The van der Waals surface area contributed by atoms with Gasteiger partial charge in [-0.1, -0.05) is 45.4 Å². The molecule has 0 aromatic rings. The van der Waals surface area contributed by atoms with Crippen LogP contribution in [-0.2, 0) is 0 Å². The Morgan fingerprint density at radius 3 is 2.12 bits per heavy atom. The molecule has 0 heterocycles. The predicted octanol–water partition coefficient (Wildman–Crippen LogP) is 3.74. The van der Waals surface area contributed by atoms with Gasteiger partial charge in [-0.25, -0.2) is 0 Å². The fourth-order valence-electron chi connectivity index (χ4n) is 2.02. The first-order chi connectivity index (χ1) is 8.26. The Morgan fingerprint density at radius 1 is 1.00 bits per heavy atom. The number of nitrogens with zero attached hydrogens (tertiary/aromatic N) is 1. The Kier molecular flexibility index (Phi) is 12.9. The van der Waals surface area contributed by atoms with Crippen molar-refractivity contribution in [2.45, 2.75) is 64.2 Å². The standard InChI is InChI=1S/C14H31NOS/c1-4-5-6-7-8-9-10-11-15(12-13-16)14(2)17-3/h14,16H,4-13H2,1-3H3. The molecule has 0 amide bonds. The minimum absolute atomic E-state index is 0.279. The zero-order chi connectivity index (χ0) is 12.9. The molecular formula is C14H31NOS. The van der Waals surface area contributed by atoms with E-state index in [1.54, 1.807) is 0 Å². The monoisotopic (exact) mass is 261 g/mol. The highest BCUT2D eigenvalue weighted by atomic mass is 32.2. The molecule has 0 aliphatic carbocycles. The van der Waals surface area contributed by atoms with Crippen molar-refractivity contribution in [3.8, 4) is 0 Å². The molecule has 0 aromatic heterocycles. The molecule has 1 unspecified atom stereocenters. The third-order valence-electron chi connectivity index (χ3n) is 3.29. The maximum Gasteiger partial charge on any atom is 0.0558 e. The molecule has 0 spiro atoms. The summed E-state index contributed by atoms with van der Waals surface area (Å²) in [6.45, 7) is 6.72. The second-order valence-corrected chi connectivity index (χ2v) is 5.87. The molecule has 0 bridgehead atoms. The van der Waals surface area contributed by atoms with Crippen molar-refractivity contribution in [2.24, 2.45) is 0 Å². The first kappa shape index (κ1) is 17.3. The van der Waals surface area contributed by atoms with E-state index in [0.29, 0.717) is 5.37 Å². The van der Waals surface area contributed by atoms with Crippen LogP contribution >= 0.6 is 11.8 Å². The lowest BCUT2D eigenvalue weighted by atomic mass is 10.1. The van der Waals surface area contributed by atoms with E-state index in [1.165, 1.54) is 44.9 Å². The highest BCUT2D eigenvalue weighted by Gasteiger charge is 2.10. The number of unbranched alkanes of at least 4 members (excludes halogenated alkanes) is 6. The lowest BCUT2D eigenvalue weighted by molar-refractivity contribution is 0.188. The van der Waals surface area contributed by atoms with Gasteiger partial charge in [-0.3, -0.25) is 4.90 Å². The van der Waals surface area contributed by atoms with Gasteiger partial charge in [-0.15, -0.1) is 11.8 Å². The molecule has 0 fully saturated rings. The van der Waals surface area contributed by atoms with E-state index in [-0.39, 0.29) is 6.61 Å². The molecule has 104 valence electrons. The van der Waals surface area contributed by atoms with Crippen LogP contribution in [0.4, 0.5) is 0 Å². The minimum atomic E-state index is 0.279. The Labute approximate surface area is 112 Å². The summed E-state index contributed by atoms with van der Waals surface area (Å²) >= 11 is 1.86. The van der Waals surface area contributed by atoms with E-state index < -0.39 is 0 Å². The van der Waals surface area contributed by atoms with Crippen LogP contribution in [0.15, 0.2) is 0 Å². The van der Waals surface area contributed by atoms with Gasteiger partial charge in [0.15, 0.2) is 0 Å². The summed E-state index contributed by atoms with van der Waals surface area (Å²) in [4.78, 5) is 2.39. The lowest BCUT2D eigenvalue weighted by Gasteiger charge is -2.26. The zero-order valence-corrected chi connectivity index (χ0v) is 12.8. The molecule has 0 aliphatic heterocycles. The van der Waals surface area contributed by atoms with Crippen LogP contribution < -0.4 is 0 Å². The van der Waals surface area contributed by atoms with Crippen LogP contribution in [0.5, 0.6) is 0 Å². The number of hydrogen-bond acceptors (Lipinski definition) is 3. The molecule has 3 heteroatoms. The van der Waals surface area contributed by atoms with Gasteiger partial charge in [-0.2, -0.15) is 0 Å². The Morgan fingerprint density at radius 2 is 1.59 bits per heavy atom. The second kappa shape index (κ2) is 12.7. The Balaban J connectivity index is 3.47. The Hall–Kier alpha value is 0.270. The van der Waals surface area contributed by atoms with Gasteiger partial charge in [-0.05, 0) is 26.1 Å². The van der Waals surface area contributed by atoms with Crippen LogP contribution in [0.2, 0.25) is 0 Å². The third-order valence-corrected chi connectivity index (χ3v) is 4.27. The van der Waals surface area contributed by atoms with Gasteiger partial charge in [0.1, 0.15) is 0 Å². The van der Waals surface area contributed by atoms with E-state index in [1.807, 2.05) is 11.8 Å². The van der Waals surface area contributed by atoms with E-state index in [9.17, 15) is 0 Å². The lowest BCUT2D eigenvalue weighted by Crippen LogP contribution is -2.34. The number of rotatable bonds is 12. The molecule has 1 N–H and O–H groups in total. The van der Waals surface area contributed by atoms with Crippen molar-refractivity contribution in [2.75, 3.05) is 26.0 Å². The van der Waals surface area contributed by atoms with Crippen molar-refractivity contribution in [1.82, 2.24) is 4.90 Å². The molecule has 0 saturated heterocycles. The molecule has 0 aliphatic rings. The van der Waals surface area contributed by atoms with Crippen LogP contribution in [0.3, 0.4) is 0 Å². The molecule has 0 rings (SSSR count). The van der Waals surface area contributed by atoms with E-state index in [2.05, 4.69) is 25.0 Å². The van der Waals surface area contributed by atoms with Gasteiger partial charge in [0.05, 0.1) is 12.0 Å². The number of thioether (sulfide) groups is 1. The summed E-state index contributed by atoms with van der Waals surface area (Å²) in [6.07, 6.45) is 11.6. The molecule has 1 atom stereocenters. The zero-order valence-electron chi connectivity index (χ0n) is 12.0. The first-order valence-corrected chi connectivity index (χ1v) is 8.42. The van der Waals surface area contributed by atoms with Gasteiger partial charge in [0.2, 0.25) is 0 Å². The number of hydrogen-bond donors (Lipinski definition) is 1. The fraction of sp³-hybridized carbons (Fsp3) is 1.00. The summed E-state index contributed by atoms with van der Waals surface area (Å²) < 4.78 is 0. The van der Waals surface area contributed by atoms with E-state index in [4.69, 9.17) is 5.11 Å². The molecule has 0 radical (unpaired) electrons. The van der Waals surface area contributed by atoms with Crippen molar-refractivity contribution in [3.05, 3.63) is 0 Å². The molecule has 2 nitrogen and oxygen atoms in total. The van der Waals surface area contributed by atoms with Gasteiger partial charge >= 0.3 is 0 Å². The van der Waals surface area contributed by atoms with E-state index >= 15 is 0 Å². The normalized spacial score (nSPS) is 13.2. The summed E-state index contributed by atoms with van der Waals surface area (Å²) in [5.41, 5.74) is 0. The van der Waals surface area contributed by atoms with E-state index in [0.717, 1.165) is 13.1 Å². The topological polar surface area (TPSA) is 23.5 Å². The molecule has 0 aromatic carbocycles. The predicted molar refractivity (Wildman–Crippen MR) is 79.6 cm³/mol. The Bertz CT molecular complexity index is 155. The smallest absolute Gasteiger partial charge is 0.0558 e. The molecular weight excluding hydrogens is 230 g/mol. The summed E-state index contributed by atoms with van der Waals surface area (Å²) in [7, 11) is 0. The van der Waals surface area contributed by atoms with Crippen LogP contribution in [-0.4, -0.2) is 41.3 Å². The minimum Gasteiger partial charge on any atom is -0.395 e. The van der Waals surface area contributed by atoms with Crippen molar-refractivity contribution in [3.63, 3.8) is 0 Å². The average Bonchev–Trinajstić information content (AvgIpc) is 2.35. The highest BCUT2D eigenvalue weighted by Crippen LogP contribution is 2.13. The number of aliphatic hydroxyl groups excluding tert-OH is 1. The summed E-state index contributed by atoms with van der Waals surface area (Å²) in [5, 5.41) is 9.56. The maximum absolute atomic E-state index is 9.03. The average molecular weight is 261 g/mol. The van der Waals surface area contributed by atoms with Crippen LogP contribution in [0.1, 0.15) is 58.8 Å². The first-order valence-electron chi connectivity index (χ1n) is 7.14. The van der Waals surface area contributed by atoms with Crippen LogP contribution in [0.25, 0.3) is 0 Å². The molecule has 0 saturated carbocycles. The maximum atomic E-state index is 9.03. The second-order valence-electron chi connectivity index (χ2n) is 4.72. The fourth-order valence-corrected chi connectivity index (χ4v) is 2.53. The largest absolute Gasteiger partial charge is 0.395 e. The van der Waals surface area contributed by atoms with Gasteiger partial charge < -0.3 is 5.11 Å². The third kappa shape index (κ3) is 9.93.